The van der Waals surface area contributed by atoms with Gasteiger partial charge in [0.15, 0.2) is 5.78 Å². The summed E-state index contributed by atoms with van der Waals surface area (Å²) in [5, 5.41) is 6.82. The Hall–Kier alpha value is -1.44. The molecule has 68 valence electrons. The molecule has 0 spiro atoms. The van der Waals surface area contributed by atoms with Gasteiger partial charge < -0.3 is 5.41 Å². The number of nitrogens with one attached hydrogen (secondary N) is 1. The summed E-state index contributed by atoms with van der Waals surface area (Å²) in [6.45, 7) is 0. The van der Waals surface area contributed by atoms with Crippen molar-refractivity contribution >= 4 is 12.0 Å². The second-order valence-electron chi connectivity index (χ2n) is 2.89. The largest absolute Gasteiger partial charge is 0.313 e. The van der Waals surface area contributed by atoms with Crippen molar-refractivity contribution < 1.29 is 4.79 Å². The fourth-order valence-electron chi connectivity index (χ4n) is 1.13. The summed E-state index contributed by atoms with van der Waals surface area (Å²) >= 11 is 0. The van der Waals surface area contributed by atoms with Crippen LogP contribution in [0.4, 0.5) is 0 Å². The zero-order valence-electron chi connectivity index (χ0n) is 7.49. The summed E-state index contributed by atoms with van der Waals surface area (Å²) in [4.78, 5) is 11.4. The number of unbranched alkanes of at least 4 members (excludes halogenated alkanes) is 1. The van der Waals surface area contributed by atoms with Crippen molar-refractivity contribution in [1.82, 2.24) is 0 Å². The molecule has 0 radical (unpaired) electrons. The van der Waals surface area contributed by atoms with Crippen molar-refractivity contribution in [2.45, 2.75) is 19.3 Å². The van der Waals surface area contributed by atoms with E-state index in [1.54, 1.807) is 0 Å². The molecule has 0 saturated carbocycles. The van der Waals surface area contributed by atoms with Gasteiger partial charge in [-0.25, -0.2) is 0 Å². The lowest BCUT2D eigenvalue weighted by Gasteiger charge is -1.98. The van der Waals surface area contributed by atoms with Gasteiger partial charge in [-0.15, -0.1) is 0 Å². The van der Waals surface area contributed by atoms with Crippen LogP contribution in [-0.4, -0.2) is 12.0 Å². The van der Waals surface area contributed by atoms with Gasteiger partial charge in [0.1, 0.15) is 0 Å². The lowest BCUT2D eigenvalue weighted by Crippen LogP contribution is -1.98. The zero-order valence-corrected chi connectivity index (χ0v) is 7.49. The molecular weight excluding hydrogens is 162 g/mol. The third kappa shape index (κ3) is 3.20. The van der Waals surface area contributed by atoms with Crippen LogP contribution in [-0.2, 0) is 0 Å². The van der Waals surface area contributed by atoms with Crippen LogP contribution in [0.2, 0.25) is 0 Å². The molecule has 2 heteroatoms. The highest BCUT2D eigenvalue weighted by atomic mass is 16.1. The van der Waals surface area contributed by atoms with Crippen molar-refractivity contribution in [2.24, 2.45) is 0 Å². The lowest BCUT2D eigenvalue weighted by molar-refractivity contribution is 0.0981. The average molecular weight is 175 g/mol. The number of carbonyl (C=O) groups is 1. The number of benzene rings is 1. The van der Waals surface area contributed by atoms with Crippen molar-refractivity contribution in [3.63, 3.8) is 0 Å². The molecule has 0 aliphatic carbocycles. The SMILES string of the molecule is N=CCCCC(=O)c1ccccc1. The Kier molecular flexibility index (Phi) is 3.89. The molecule has 0 bridgehead atoms. The summed E-state index contributed by atoms with van der Waals surface area (Å²) in [5.74, 6) is 0.169. The molecular formula is C11H13NO. The third-order valence-electron chi connectivity index (χ3n) is 1.85. The van der Waals surface area contributed by atoms with Crippen LogP contribution in [0.3, 0.4) is 0 Å². The Morgan fingerprint density at radius 2 is 2.00 bits per heavy atom. The molecule has 2 nitrogen and oxygen atoms in total. The Balaban J connectivity index is 2.45. The zero-order chi connectivity index (χ0) is 9.52. The second-order valence-corrected chi connectivity index (χ2v) is 2.89. The molecule has 0 fully saturated rings. The standard InChI is InChI=1S/C11H13NO/c12-9-5-4-8-11(13)10-6-2-1-3-7-10/h1-3,6-7,9,12H,4-5,8H2. The van der Waals surface area contributed by atoms with Gasteiger partial charge in [-0.05, 0) is 19.1 Å². The van der Waals surface area contributed by atoms with Crippen molar-refractivity contribution in [3.8, 4) is 0 Å². The molecule has 0 saturated heterocycles. The van der Waals surface area contributed by atoms with E-state index in [4.69, 9.17) is 5.41 Å². The van der Waals surface area contributed by atoms with E-state index < -0.39 is 0 Å². The quantitative estimate of drug-likeness (QED) is 0.417. The third-order valence-corrected chi connectivity index (χ3v) is 1.85. The van der Waals surface area contributed by atoms with Crippen LogP contribution in [0.5, 0.6) is 0 Å². The highest BCUT2D eigenvalue weighted by molar-refractivity contribution is 5.96. The maximum Gasteiger partial charge on any atom is 0.162 e. The topological polar surface area (TPSA) is 40.9 Å². The minimum Gasteiger partial charge on any atom is -0.313 e. The first kappa shape index (κ1) is 9.65. The van der Waals surface area contributed by atoms with E-state index in [2.05, 4.69) is 0 Å². The fraction of sp³-hybridized carbons (Fsp3) is 0.273. The Morgan fingerprint density at radius 1 is 1.31 bits per heavy atom. The van der Waals surface area contributed by atoms with E-state index in [1.807, 2.05) is 30.3 Å². The second kappa shape index (κ2) is 5.25. The van der Waals surface area contributed by atoms with E-state index in [0.717, 1.165) is 12.0 Å². The molecule has 1 aromatic rings. The highest BCUT2D eigenvalue weighted by Crippen LogP contribution is 2.05. The predicted molar refractivity (Wildman–Crippen MR) is 53.4 cm³/mol. The fourth-order valence-corrected chi connectivity index (χ4v) is 1.13. The number of Topliss-reactive ketones (excluding diaryl/α,β-unsaturated/α-hetero) is 1. The molecule has 0 amide bonds. The molecule has 0 unspecified atom stereocenters. The summed E-state index contributed by atoms with van der Waals surface area (Å²) < 4.78 is 0. The number of rotatable bonds is 5. The minimum absolute atomic E-state index is 0.169. The molecule has 1 rings (SSSR count). The number of hydrogen-bond donors (Lipinski definition) is 1. The Bertz CT molecular complexity index is 279. The van der Waals surface area contributed by atoms with Crippen molar-refractivity contribution in [1.29, 1.82) is 5.41 Å². The normalized spacial score (nSPS) is 9.54. The molecule has 0 aliphatic rings. The van der Waals surface area contributed by atoms with Crippen LogP contribution in [0, 0.1) is 5.41 Å². The molecule has 0 aliphatic heterocycles. The average Bonchev–Trinajstić information content (AvgIpc) is 2.19. The van der Waals surface area contributed by atoms with Crippen LogP contribution < -0.4 is 0 Å². The maximum absolute atomic E-state index is 11.4. The van der Waals surface area contributed by atoms with Gasteiger partial charge in [0.05, 0.1) is 0 Å². The Labute approximate surface area is 78.1 Å². The van der Waals surface area contributed by atoms with E-state index >= 15 is 0 Å². The van der Waals surface area contributed by atoms with Gasteiger partial charge in [0.2, 0.25) is 0 Å². The molecule has 0 aromatic heterocycles. The van der Waals surface area contributed by atoms with Crippen molar-refractivity contribution in [2.75, 3.05) is 0 Å². The first-order valence-corrected chi connectivity index (χ1v) is 4.42. The summed E-state index contributed by atoms with van der Waals surface area (Å²) in [6.07, 6.45) is 3.35. The molecule has 13 heavy (non-hydrogen) atoms. The predicted octanol–water partition coefficient (Wildman–Crippen LogP) is 2.69. The lowest BCUT2D eigenvalue weighted by atomic mass is 10.1. The minimum atomic E-state index is 0.169. The van der Waals surface area contributed by atoms with Crippen LogP contribution in [0.15, 0.2) is 30.3 Å². The van der Waals surface area contributed by atoms with E-state index in [1.165, 1.54) is 6.21 Å². The Morgan fingerprint density at radius 3 is 2.62 bits per heavy atom. The van der Waals surface area contributed by atoms with Gasteiger partial charge in [-0.3, -0.25) is 4.79 Å². The highest BCUT2D eigenvalue weighted by Gasteiger charge is 2.02. The van der Waals surface area contributed by atoms with Gasteiger partial charge in [-0.2, -0.15) is 0 Å². The number of carbonyl (C=O) groups excluding carboxylic acids is 1. The van der Waals surface area contributed by atoms with Crippen LogP contribution in [0.1, 0.15) is 29.6 Å². The first-order chi connectivity index (χ1) is 6.34. The van der Waals surface area contributed by atoms with Crippen LogP contribution >= 0.6 is 0 Å². The summed E-state index contributed by atoms with van der Waals surface area (Å²) in [6, 6.07) is 9.28. The van der Waals surface area contributed by atoms with Gasteiger partial charge >= 0.3 is 0 Å². The van der Waals surface area contributed by atoms with Gasteiger partial charge in [0.25, 0.3) is 0 Å². The number of ketones is 1. The molecule has 1 N–H and O–H groups in total. The van der Waals surface area contributed by atoms with Gasteiger partial charge in [0, 0.05) is 12.0 Å². The van der Waals surface area contributed by atoms with E-state index in [-0.39, 0.29) is 5.78 Å². The van der Waals surface area contributed by atoms with E-state index in [0.29, 0.717) is 12.8 Å². The van der Waals surface area contributed by atoms with Crippen molar-refractivity contribution in [3.05, 3.63) is 35.9 Å². The monoisotopic (exact) mass is 175 g/mol. The van der Waals surface area contributed by atoms with Gasteiger partial charge in [-0.1, -0.05) is 30.3 Å². The summed E-state index contributed by atoms with van der Waals surface area (Å²) in [5.41, 5.74) is 0.771. The first-order valence-electron chi connectivity index (χ1n) is 4.42. The van der Waals surface area contributed by atoms with E-state index in [9.17, 15) is 4.79 Å². The molecule has 1 aromatic carbocycles. The molecule has 0 atom stereocenters. The molecule has 0 heterocycles. The van der Waals surface area contributed by atoms with Crippen LogP contribution in [0.25, 0.3) is 0 Å². The summed E-state index contributed by atoms with van der Waals surface area (Å²) in [7, 11) is 0. The smallest absolute Gasteiger partial charge is 0.162 e. The number of hydrogen-bond acceptors (Lipinski definition) is 2. The maximum atomic E-state index is 11.4.